The van der Waals surface area contributed by atoms with Gasteiger partial charge in [-0.05, 0) is 47.4 Å². The monoisotopic (exact) mass is 462 g/mol. The van der Waals surface area contributed by atoms with Crippen molar-refractivity contribution in [3.8, 4) is 5.75 Å². The Hall–Kier alpha value is -3.67. The predicted molar refractivity (Wildman–Crippen MR) is 131 cm³/mol. The lowest BCUT2D eigenvalue weighted by molar-refractivity contribution is -0.141. The van der Waals surface area contributed by atoms with Crippen LogP contribution in [0, 0.1) is 5.82 Å². The van der Waals surface area contributed by atoms with Crippen LogP contribution in [-0.2, 0) is 29.0 Å². The number of rotatable bonds is 11. The second-order valence-corrected chi connectivity index (χ2v) is 8.10. The largest absolute Gasteiger partial charge is 0.497 e. The van der Waals surface area contributed by atoms with Crippen LogP contribution in [-0.4, -0.2) is 36.4 Å². The maximum Gasteiger partial charge on any atom is 0.243 e. The molecule has 0 aliphatic carbocycles. The maximum absolute atomic E-state index is 13.4. The standard InChI is InChI=1S/C28H31FN2O3/c1-3-27(32)31(20-23-9-13-24(29)14-10-23)26(19-22-7-5-4-6-8-22)28(33)30-18-17-21-11-15-25(34-2)16-12-21/h4-16,26H,3,17-20H2,1-2H3,(H,30,33). The number of nitrogens with zero attached hydrogens (tertiary/aromatic N) is 1. The van der Waals surface area contributed by atoms with Crippen molar-refractivity contribution in [2.45, 2.75) is 38.8 Å². The number of nitrogens with one attached hydrogen (secondary N) is 1. The Morgan fingerprint density at radius 2 is 1.56 bits per heavy atom. The summed E-state index contributed by atoms with van der Waals surface area (Å²) in [6.45, 7) is 2.46. The van der Waals surface area contributed by atoms with Gasteiger partial charge in [0.15, 0.2) is 0 Å². The molecule has 0 saturated carbocycles. The zero-order valence-corrected chi connectivity index (χ0v) is 19.7. The summed E-state index contributed by atoms with van der Waals surface area (Å²) in [5.41, 5.74) is 2.81. The summed E-state index contributed by atoms with van der Waals surface area (Å²) in [5.74, 6) is 0.108. The molecule has 0 saturated heterocycles. The molecule has 0 bridgehead atoms. The summed E-state index contributed by atoms with van der Waals surface area (Å²) in [6, 6.07) is 22.7. The summed E-state index contributed by atoms with van der Waals surface area (Å²) in [5, 5.41) is 3.01. The molecule has 0 aromatic heterocycles. The molecule has 0 fully saturated rings. The Morgan fingerprint density at radius 1 is 0.912 bits per heavy atom. The Morgan fingerprint density at radius 3 is 2.18 bits per heavy atom. The van der Waals surface area contributed by atoms with E-state index in [1.807, 2.05) is 54.6 Å². The summed E-state index contributed by atoms with van der Waals surface area (Å²) in [7, 11) is 1.62. The molecular weight excluding hydrogens is 431 g/mol. The Bertz CT molecular complexity index is 1050. The third kappa shape index (κ3) is 7.17. The first kappa shape index (κ1) is 25.0. The first-order valence-electron chi connectivity index (χ1n) is 11.5. The minimum atomic E-state index is -0.684. The number of amides is 2. The van der Waals surface area contributed by atoms with Crippen molar-refractivity contribution in [2.75, 3.05) is 13.7 Å². The van der Waals surface area contributed by atoms with Crippen molar-refractivity contribution in [1.29, 1.82) is 0 Å². The minimum absolute atomic E-state index is 0.129. The van der Waals surface area contributed by atoms with Crippen molar-refractivity contribution >= 4 is 11.8 Å². The van der Waals surface area contributed by atoms with Gasteiger partial charge in [0.2, 0.25) is 11.8 Å². The first-order chi connectivity index (χ1) is 16.5. The van der Waals surface area contributed by atoms with E-state index in [9.17, 15) is 14.0 Å². The van der Waals surface area contributed by atoms with Gasteiger partial charge in [-0.15, -0.1) is 0 Å². The molecule has 178 valence electrons. The van der Waals surface area contributed by atoms with Crippen LogP contribution >= 0.6 is 0 Å². The first-order valence-corrected chi connectivity index (χ1v) is 11.5. The number of carbonyl (C=O) groups is 2. The van der Waals surface area contributed by atoms with Gasteiger partial charge in [0.25, 0.3) is 0 Å². The van der Waals surface area contributed by atoms with Crippen LogP contribution < -0.4 is 10.1 Å². The van der Waals surface area contributed by atoms with E-state index < -0.39 is 6.04 Å². The lowest BCUT2D eigenvalue weighted by Gasteiger charge is -2.31. The van der Waals surface area contributed by atoms with Crippen LogP contribution in [0.1, 0.15) is 30.0 Å². The van der Waals surface area contributed by atoms with Crippen LogP contribution in [0.2, 0.25) is 0 Å². The molecule has 0 spiro atoms. The zero-order chi connectivity index (χ0) is 24.3. The van der Waals surface area contributed by atoms with E-state index in [-0.39, 0.29) is 30.6 Å². The molecular formula is C28H31FN2O3. The minimum Gasteiger partial charge on any atom is -0.497 e. The molecule has 0 aliphatic heterocycles. The molecule has 3 rings (SSSR count). The number of carbonyl (C=O) groups excluding carboxylic acids is 2. The van der Waals surface area contributed by atoms with E-state index in [4.69, 9.17) is 4.74 Å². The van der Waals surface area contributed by atoms with Crippen molar-refractivity contribution in [2.24, 2.45) is 0 Å². The topological polar surface area (TPSA) is 58.6 Å². The highest BCUT2D eigenvalue weighted by Crippen LogP contribution is 2.16. The molecule has 3 aromatic rings. The molecule has 34 heavy (non-hydrogen) atoms. The lowest BCUT2D eigenvalue weighted by atomic mass is 10.0. The summed E-state index contributed by atoms with van der Waals surface area (Å²) < 4.78 is 18.6. The summed E-state index contributed by atoms with van der Waals surface area (Å²) in [4.78, 5) is 27.9. The number of hydrogen-bond donors (Lipinski definition) is 1. The van der Waals surface area contributed by atoms with E-state index in [0.717, 1.165) is 22.4 Å². The van der Waals surface area contributed by atoms with Gasteiger partial charge in [0.1, 0.15) is 17.6 Å². The van der Waals surface area contributed by atoms with Crippen molar-refractivity contribution < 1.29 is 18.7 Å². The van der Waals surface area contributed by atoms with Gasteiger partial charge in [-0.2, -0.15) is 0 Å². The van der Waals surface area contributed by atoms with E-state index in [2.05, 4.69) is 5.32 Å². The SMILES string of the molecule is CCC(=O)N(Cc1ccc(F)cc1)C(Cc1ccccc1)C(=O)NCCc1ccc(OC)cc1. The Balaban J connectivity index is 1.77. The normalized spacial score (nSPS) is 11.5. The Labute approximate surface area is 200 Å². The van der Waals surface area contributed by atoms with E-state index in [1.165, 1.54) is 12.1 Å². The van der Waals surface area contributed by atoms with E-state index in [0.29, 0.717) is 19.4 Å². The third-order valence-corrected chi connectivity index (χ3v) is 5.71. The fourth-order valence-electron chi connectivity index (χ4n) is 3.78. The number of ether oxygens (including phenoxy) is 1. The van der Waals surface area contributed by atoms with Gasteiger partial charge in [-0.25, -0.2) is 4.39 Å². The molecule has 0 heterocycles. The molecule has 5 nitrogen and oxygen atoms in total. The van der Waals surface area contributed by atoms with Gasteiger partial charge in [0, 0.05) is 25.9 Å². The molecule has 2 amide bonds. The van der Waals surface area contributed by atoms with Crippen LogP contribution in [0.4, 0.5) is 4.39 Å². The fraction of sp³-hybridized carbons (Fsp3) is 0.286. The summed E-state index contributed by atoms with van der Waals surface area (Å²) in [6.07, 6.45) is 1.32. The molecule has 6 heteroatoms. The maximum atomic E-state index is 13.4. The smallest absolute Gasteiger partial charge is 0.243 e. The average Bonchev–Trinajstić information content (AvgIpc) is 2.87. The van der Waals surface area contributed by atoms with Gasteiger partial charge in [-0.3, -0.25) is 9.59 Å². The predicted octanol–water partition coefficient (Wildman–Crippen LogP) is 4.54. The van der Waals surface area contributed by atoms with E-state index in [1.54, 1.807) is 31.1 Å². The van der Waals surface area contributed by atoms with Crippen molar-refractivity contribution in [1.82, 2.24) is 10.2 Å². The molecule has 0 radical (unpaired) electrons. The van der Waals surface area contributed by atoms with Crippen LogP contribution in [0.15, 0.2) is 78.9 Å². The van der Waals surface area contributed by atoms with Gasteiger partial charge >= 0.3 is 0 Å². The quantitative estimate of drug-likeness (QED) is 0.455. The van der Waals surface area contributed by atoms with Crippen molar-refractivity contribution in [3.63, 3.8) is 0 Å². The summed E-state index contributed by atoms with van der Waals surface area (Å²) >= 11 is 0. The molecule has 0 aliphatic rings. The number of methoxy groups -OCH3 is 1. The fourth-order valence-corrected chi connectivity index (χ4v) is 3.78. The average molecular weight is 463 g/mol. The highest BCUT2D eigenvalue weighted by atomic mass is 19.1. The molecule has 1 unspecified atom stereocenters. The van der Waals surface area contributed by atoms with Crippen LogP contribution in [0.3, 0.4) is 0 Å². The molecule has 1 atom stereocenters. The van der Waals surface area contributed by atoms with Gasteiger partial charge in [-0.1, -0.05) is 61.5 Å². The second-order valence-electron chi connectivity index (χ2n) is 8.10. The highest BCUT2D eigenvalue weighted by Gasteiger charge is 2.29. The van der Waals surface area contributed by atoms with E-state index >= 15 is 0 Å². The zero-order valence-electron chi connectivity index (χ0n) is 19.7. The van der Waals surface area contributed by atoms with Crippen molar-refractivity contribution in [3.05, 3.63) is 101 Å². The number of halogens is 1. The molecule has 1 N–H and O–H groups in total. The van der Waals surface area contributed by atoms with Gasteiger partial charge in [0.05, 0.1) is 7.11 Å². The van der Waals surface area contributed by atoms with Crippen LogP contribution in [0.5, 0.6) is 5.75 Å². The van der Waals surface area contributed by atoms with Gasteiger partial charge < -0.3 is 15.0 Å². The van der Waals surface area contributed by atoms with Crippen LogP contribution in [0.25, 0.3) is 0 Å². The molecule has 3 aromatic carbocycles. The lowest BCUT2D eigenvalue weighted by Crippen LogP contribution is -2.50. The second kappa shape index (κ2) is 12.5. The highest BCUT2D eigenvalue weighted by molar-refractivity contribution is 5.88. The third-order valence-electron chi connectivity index (χ3n) is 5.71. The Kier molecular flexibility index (Phi) is 9.21. The number of benzene rings is 3. The number of hydrogen-bond acceptors (Lipinski definition) is 3.